The van der Waals surface area contributed by atoms with Crippen LogP contribution < -0.4 is 9.47 Å². The average Bonchev–Trinajstić information content (AvgIpc) is 3.50. The molecule has 3 heterocycles. The molecule has 0 unspecified atom stereocenters. The molecule has 33 heavy (non-hydrogen) atoms. The van der Waals surface area contributed by atoms with Crippen LogP contribution in [-0.4, -0.2) is 52.3 Å². The van der Waals surface area contributed by atoms with Gasteiger partial charge in [-0.1, -0.05) is 35.6 Å². The van der Waals surface area contributed by atoms with Crippen molar-refractivity contribution in [3.05, 3.63) is 59.3 Å². The summed E-state index contributed by atoms with van der Waals surface area (Å²) in [5, 5.41) is 7.93. The number of hydrogen-bond acceptors (Lipinski definition) is 6. The van der Waals surface area contributed by atoms with Crippen LogP contribution in [0.4, 0.5) is 0 Å². The minimum absolute atomic E-state index is 0.0404. The van der Waals surface area contributed by atoms with E-state index in [1.54, 1.807) is 24.5 Å². The summed E-state index contributed by atoms with van der Waals surface area (Å²) in [6.07, 6.45) is 1.61. The van der Waals surface area contributed by atoms with E-state index >= 15 is 0 Å². The number of aryl methyl sites for hydroxylation is 2. The lowest BCUT2D eigenvalue weighted by atomic mass is 10.1. The predicted octanol–water partition coefficient (Wildman–Crippen LogP) is 5.00. The number of H-pyrrole nitrogens is 1. The number of methoxy groups -OCH3 is 1. The van der Waals surface area contributed by atoms with Crippen LogP contribution >= 0.6 is 11.3 Å². The summed E-state index contributed by atoms with van der Waals surface area (Å²) in [4.78, 5) is 19.6. The lowest BCUT2D eigenvalue weighted by molar-refractivity contribution is 0.0590. The Balaban J connectivity index is 1.21. The van der Waals surface area contributed by atoms with Crippen molar-refractivity contribution in [2.75, 3.05) is 20.2 Å². The molecule has 0 spiro atoms. The van der Waals surface area contributed by atoms with Gasteiger partial charge in [0.25, 0.3) is 11.1 Å². The second kappa shape index (κ2) is 8.86. The van der Waals surface area contributed by atoms with Gasteiger partial charge in [0, 0.05) is 31.5 Å². The largest absolute Gasteiger partial charge is 0.497 e. The molecule has 7 nitrogen and oxygen atoms in total. The second-order valence-electron chi connectivity index (χ2n) is 8.37. The molecule has 1 fully saturated rings. The summed E-state index contributed by atoms with van der Waals surface area (Å²) in [5.41, 5.74) is 5.51. The Morgan fingerprint density at radius 1 is 1.12 bits per heavy atom. The number of piperidine rings is 1. The third kappa shape index (κ3) is 4.30. The van der Waals surface area contributed by atoms with Gasteiger partial charge in [0.15, 0.2) is 0 Å². The minimum Gasteiger partial charge on any atom is -0.497 e. The van der Waals surface area contributed by atoms with Crippen molar-refractivity contribution in [3.63, 3.8) is 0 Å². The highest BCUT2D eigenvalue weighted by Crippen LogP contribution is 2.33. The van der Waals surface area contributed by atoms with E-state index in [4.69, 9.17) is 14.5 Å². The number of carbonyl (C=O) groups is 1. The average molecular weight is 463 g/mol. The van der Waals surface area contributed by atoms with Crippen LogP contribution in [0.5, 0.6) is 10.9 Å². The van der Waals surface area contributed by atoms with Gasteiger partial charge in [0.2, 0.25) is 0 Å². The molecule has 0 atom stereocenters. The number of nitrogens with zero attached hydrogens (tertiary/aromatic N) is 3. The molecule has 0 aliphatic carbocycles. The monoisotopic (exact) mass is 462 g/mol. The molecule has 170 valence electrons. The number of thiazole rings is 1. The normalized spacial score (nSPS) is 14.6. The molecule has 4 aromatic rings. The molecule has 0 saturated carbocycles. The molecule has 1 saturated heterocycles. The van der Waals surface area contributed by atoms with Gasteiger partial charge in [-0.2, -0.15) is 5.10 Å². The molecule has 0 bridgehead atoms. The zero-order valence-corrected chi connectivity index (χ0v) is 19.7. The van der Waals surface area contributed by atoms with Crippen molar-refractivity contribution < 1.29 is 14.3 Å². The summed E-state index contributed by atoms with van der Waals surface area (Å²) < 4.78 is 12.7. The maximum Gasteiger partial charge on any atom is 0.274 e. The van der Waals surface area contributed by atoms with E-state index in [0.717, 1.165) is 40.9 Å². The maximum atomic E-state index is 13.0. The first-order valence-electron chi connectivity index (χ1n) is 11.0. The van der Waals surface area contributed by atoms with E-state index in [0.29, 0.717) is 24.0 Å². The van der Waals surface area contributed by atoms with Crippen LogP contribution in [-0.2, 0) is 0 Å². The number of aromatic amines is 1. The molecule has 1 N–H and O–H groups in total. The molecule has 1 aliphatic heterocycles. The molecule has 1 amide bonds. The fraction of sp³-hybridized carbons (Fsp3) is 0.320. The smallest absolute Gasteiger partial charge is 0.274 e. The van der Waals surface area contributed by atoms with Crippen molar-refractivity contribution in [3.8, 4) is 22.2 Å². The molecule has 8 heteroatoms. The Kier molecular flexibility index (Phi) is 5.76. The number of amides is 1. The van der Waals surface area contributed by atoms with Crippen LogP contribution in [0.3, 0.4) is 0 Å². The van der Waals surface area contributed by atoms with Gasteiger partial charge in [0.05, 0.1) is 23.0 Å². The first kappa shape index (κ1) is 21.5. The van der Waals surface area contributed by atoms with Crippen molar-refractivity contribution in [1.82, 2.24) is 20.1 Å². The standard InChI is InChI=1S/C25H26N4O3S/c1-15-7-8-16(2)23-22(15)26-25(33-23)32-18-9-11-29(12-10-18)24(30)21-14-20(27-28-21)17-5-4-6-19(13-17)31-3/h4-8,13-14,18H,9-12H2,1-3H3,(H,27,28). The number of aromatic nitrogens is 3. The quantitative estimate of drug-likeness (QED) is 0.452. The Bertz CT molecular complexity index is 1270. The van der Waals surface area contributed by atoms with E-state index < -0.39 is 0 Å². The number of fused-ring (bicyclic) bond motifs is 1. The number of hydrogen-bond donors (Lipinski definition) is 1. The van der Waals surface area contributed by atoms with E-state index in [1.807, 2.05) is 29.2 Å². The van der Waals surface area contributed by atoms with E-state index in [2.05, 4.69) is 36.2 Å². The van der Waals surface area contributed by atoms with Gasteiger partial charge in [0.1, 0.15) is 17.5 Å². The Morgan fingerprint density at radius 2 is 1.91 bits per heavy atom. The predicted molar refractivity (Wildman–Crippen MR) is 129 cm³/mol. The first-order chi connectivity index (χ1) is 16.0. The molecule has 1 aliphatic rings. The van der Waals surface area contributed by atoms with Crippen LogP contribution in [0.1, 0.15) is 34.5 Å². The van der Waals surface area contributed by atoms with Crippen molar-refractivity contribution in [2.45, 2.75) is 32.8 Å². The van der Waals surface area contributed by atoms with Gasteiger partial charge in [-0.25, -0.2) is 4.98 Å². The number of nitrogens with one attached hydrogen (secondary N) is 1. The minimum atomic E-state index is -0.0404. The number of ether oxygens (including phenoxy) is 2. The van der Waals surface area contributed by atoms with Gasteiger partial charge in [-0.15, -0.1) is 0 Å². The fourth-order valence-corrected chi connectivity index (χ4v) is 5.17. The first-order valence-corrected chi connectivity index (χ1v) is 11.9. The zero-order chi connectivity index (χ0) is 22.9. The second-order valence-corrected chi connectivity index (χ2v) is 9.33. The Morgan fingerprint density at radius 3 is 2.67 bits per heavy atom. The van der Waals surface area contributed by atoms with Crippen molar-refractivity contribution >= 4 is 27.5 Å². The lowest BCUT2D eigenvalue weighted by Gasteiger charge is -2.31. The lowest BCUT2D eigenvalue weighted by Crippen LogP contribution is -2.41. The van der Waals surface area contributed by atoms with Gasteiger partial charge < -0.3 is 14.4 Å². The topological polar surface area (TPSA) is 80.3 Å². The molecule has 5 rings (SSSR count). The summed E-state index contributed by atoms with van der Waals surface area (Å²) in [7, 11) is 1.63. The summed E-state index contributed by atoms with van der Waals surface area (Å²) in [6.45, 7) is 5.45. The Hall–Kier alpha value is -3.39. The maximum absolute atomic E-state index is 13.0. The molecule has 0 radical (unpaired) electrons. The number of carbonyl (C=O) groups excluding carboxylic acids is 1. The molecular weight excluding hydrogens is 436 g/mol. The highest BCUT2D eigenvalue weighted by atomic mass is 32.1. The molecule has 2 aromatic carbocycles. The zero-order valence-electron chi connectivity index (χ0n) is 18.9. The van der Waals surface area contributed by atoms with Crippen LogP contribution in [0.15, 0.2) is 42.5 Å². The third-order valence-electron chi connectivity index (χ3n) is 6.09. The fourth-order valence-electron chi connectivity index (χ4n) is 4.14. The van der Waals surface area contributed by atoms with E-state index in [1.165, 1.54) is 10.3 Å². The van der Waals surface area contributed by atoms with Gasteiger partial charge in [-0.05, 0) is 43.2 Å². The summed E-state index contributed by atoms with van der Waals surface area (Å²) >= 11 is 1.60. The van der Waals surface area contributed by atoms with Crippen LogP contribution in [0.25, 0.3) is 21.5 Å². The highest BCUT2D eigenvalue weighted by Gasteiger charge is 2.27. The van der Waals surface area contributed by atoms with Gasteiger partial charge in [-0.3, -0.25) is 9.89 Å². The summed E-state index contributed by atoms with van der Waals surface area (Å²) in [5.74, 6) is 0.713. The molecular formula is C25H26N4O3S. The van der Waals surface area contributed by atoms with Crippen LogP contribution in [0, 0.1) is 13.8 Å². The SMILES string of the molecule is COc1cccc(-c2cc(C(=O)N3CCC(Oc4nc5c(C)ccc(C)c5s4)CC3)[nH]n2)c1. The summed E-state index contributed by atoms with van der Waals surface area (Å²) in [6, 6.07) is 13.7. The number of rotatable bonds is 5. The number of benzene rings is 2. The van der Waals surface area contributed by atoms with Crippen molar-refractivity contribution in [2.24, 2.45) is 0 Å². The highest BCUT2D eigenvalue weighted by molar-refractivity contribution is 7.20. The number of likely N-dealkylation sites (tertiary alicyclic amines) is 1. The van der Waals surface area contributed by atoms with Crippen molar-refractivity contribution in [1.29, 1.82) is 0 Å². The Labute approximate surface area is 196 Å². The third-order valence-corrected chi connectivity index (χ3v) is 7.17. The van der Waals surface area contributed by atoms with E-state index in [-0.39, 0.29) is 12.0 Å². The molecule has 2 aromatic heterocycles. The van der Waals surface area contributed by atoms with E-state index in [9.17, 15) is 4.79 Å². The van der Waals surface area contributed by atoms with Gasteiger partial charge >= 0.3 is 0 Å². The van der Waals surface area contributed by atoms with Crippen LogP contribution in [0.2, 0.25) is 0 Å².